The highest BCUT2D eigenvalue weighted by molar-refractivity contribution is 6.30. The molecule has 0 aromatic heterocycles. The minimum atomic E-state index is -1.68. The molecule has 3 aromatic rings. The van der Waals surface area contributed by atoms with E-state index in [4.69, 9.17) is 11.6 Å². The van der Waals surface area contributed by atoms with Crippen LogP contribution >= 0.6 is 11.6 Å². The summed E-state index contributed by atoms with van der Waals surface area (Å²) < 4.78 is 0. The van der Waals surface area contributed by atoms with Gasteiger partial charge in [0, 0.05) is 17.0 Å². The monoisotopic (exact) mass is 549 g/mol. The normalized spacial score (nSPS) is 21.7. The molecule has 1 saturated carbocycles. The standard InChI is InChI=1S/C30H28ClNO7/c1-16(32-27(33)23-24(28(34)35)26(30(38)39)25(23)29(36)37)22(15-17-7-13-21(31)14-8-17)20-11-9-19(10-12-20)18-5-3-2-4-6-18/h2-14,16,22-26H,15H2,1H3,(H,32,33)(H,34,35)(H,36,37)(H,38,39)/t16-,22-,23?,24-,25-,26?/m0/s1. The van der Waals surface area contributed by atoms with E-state index >= 15 is 0 Å². The molecule has 4 N–H and O–H groups in total. The molecule has 0 unspecified atom stereocenters. The summed E-state index contributed by atoms with van der Waals surface area (Å²) in [5.74, 6) is -12.1. The number of rotatable bonds is 10. The van der Waals surface area contributed by atoms with Crippen LogP contribution in [0.5, 0.6) is 0 Å². The van der Waals surface area contributed by atoms with Gasteiger partial charge < -0.3 is 20.6 Å². The van der Waals surface area contributed by atoms with Gasteiger partial charge in [0.2, 0.25) is 5.91 Å². The average Bonchev–Trinajstić information content (AvgIpc) is 2.87. The van der Waals surface area contributed by atoms with Crippen molar-refractivity contribution in [3.05, 3.63) is 95.0 Å². The molecule has 4 rings (SSSR count). The highest BCUT2D eigenvalue weighted by Crippen LogP contribution is 2.47. The van der Waals surface area contributed by atoms with Crippen LogP contribution in [-0.4, -0.2) is 45.2 Å². The molecular formula is C30H28ClNO7. The zero-order valence-electron chi connectivity index (χ0n) is 21.0. The number of carbonyl (C=O) groups excluding carboxylic acids is 1. The molecule has 0 bridgehead atoms. The highest BCUT2D eigenvalue weighted by Gasteiger charge is 2.64. The second kappa shape index (κ2) is 11.7. The molecule has 0 radical (unpaired) electrons. The Labute approximate surface area is 230 Å². The van der Waals surface area contributed by atoms with E-state index in [1.807, 2.05) is 66.7 Å². The Bertz CT molecular complexity index is 1340. The van der Waals surface area contributed by atoms with Gasteiger partial charge in [0.1, 0.15) is 0 Å². The summed E-state index contributed by atoms with van der Waals surface area (Å²) >= 11 is 6.05. The van der Waals surface area contributed by atoms with Crippen LogP contribution in [0.1, 0.15) is 24.0 Å². The van der Waals surface area contributed by atoms with Crippen molar-refractivity contribution in [3.63, 3.8) is 0 Å². The molecule has 202 valence electrons. The van der Waals surface area contributed by atoms with Gasteiger partial charge >= 0.3 is 17.9 Å². The molecule has 39 heavy (non-hydrogen) atoms. The van der Waals surface area contributed by atoms with Crippen LogP contribution in [0, 0.1) is 23.7 Å². The molecule has 0 saturated heterocycles. The SMILES string of the molecule is C[C@H](NC(=O)C1[C@H](C(=O)O)C(C(=O)O)[C@H]1C(=O)O)[C@H](Cc1ccc(Cl)cc1)c1ccc(-c2ccccc2)cc1. The number of carboxylic acid groups (broad SMARTS) is 3. The van der Waals surface area contributed by atoms with E-state index in [-0.39, 0.29) is 5.92 Å². The Balaban J connectivity index is 1.61. The third-order valence-electron chi connectivity index (χ3n) is 7.49. The molecule has 4 atom stereocenters. The quantitative estimate of drug-likeness (QED) is 0.290. The van der Waals surface area contributed by atoms with Crippen LogP contribution in [0.15, 0.2) is 78.9 Å². The first-order valence-corrected chi connectivity index (χ1v) is 12.8. The van der Waals surface area contributed by atoms with Crippen molar-refractivity contribution in [2.24, 2.45) is 23.7 Å². The third-order valence-corrected chi connectivity index (χ3v) is 7.75. The molecule has 8 nitrogen and oxygen atoms in total. The van der Waals surface area contributed by atoms with Crippen molar-refractivity contribution >= 4 is 35.4 Å². The Morgan fingerprint density at radius 2 is 1.21 bits per heavy atom. The molecule has 1 aliphatic rings. The second-order valence-corrected chi connectivity index (χ2v) is 10.3. The summed E-state index contributed by atoms with van der Waals surface area (Å²) in [4.78, 5) is 48.4. The van der Waals surface area contributed by atoms with Crippen molar-refractivity contribution in [2.75, 3.05) is 0 Å². The maximum Gasteiger partial charge on any atom is 0.308 e. The fraction of sp³-hybridized carbons (Fsp3) is 0.267. The largest absolute Gasteiger partial charge is 0.481 e. The second-order valence-electron chi connectivity index (χ2n) is 9.84. The number of aliphatic carboxylic acids is 3. The lowest BCUT2D eigenvalue weighted by Crippen LogP contribution is -2.62. The van der Waals surface area contributed by atoms with Crippen LogP contribution in [0.25, 0.3) is 11.1 Å². The maximum absolute atomic E-state index is 13.3. The average molecular weight is 550 g/mol. The number of benzene rings is 3. The molecule has 0 spiro atoms. The first-order valence-electron chi connectivity index (χ1n) is 12.5. The molecule has 1 fully saturated rings. The van der Waals surface area contributed by atoms with Gasteiger partial charge in [-0.2, -0.15) is 0 Å². The van der Waals surface area contributed by atoms with E-state index in [2.05, 4.69) is 5.32 Å². The summed E-state index contributed by atoms with van der Waals surface area (Å²) in [6.45, 7) is 1.77. The first-order chi connectivity index (χ1) is 18.6. The minimum absolute atomic E-state index is 0.262. The van der Waals surface area contributed by atoms with E-state index in [1.165, 1.54) is 0 Å². The van der Waals surface area contributed by atoms with Crippen LogP contribution in [0.4, 0.5) is 0 Å². The van der Waals surface area contributed by atoms with Crippen molar-refractivity contribution in [1.29, 1.82) is 0 Å². The number of halogens is 1. The number of hydrogen-bond acceptors (Lipinski definition) is 4. The van der Waals surface area contributed by atoms with Crippen LogP contribution < -0.4 is 5.32 Å². The van der Waals surface area contributed by atoms with E-state index in [0.29, 0.717) is 11.4 Å². The summed E-state index contributed by atoms with van der Waals surface area (Å²) in [6, 6.07) is 24.5. The maximum atomic E-state index is 13.3. The number of carbonyl (C=O) groups is 4. The van der Waals surface area contributed by atoms with Crippen LogP contribution in [0.2, 0.25) is 5.02 Å². The zero-order chi connectivity index (χ0) is 28.3. The lowest BCUT2D eigenvalue weighted by atomic mass is 9.56. The summed E-state index contributed by atoms with van der Waals surface area (Å²) in [5, 5.41) is 32.0. The minimum Gasteiger partial charge on any atom is -0.481 e. The van der Waals surface area contributed by atoms with E-state index in [1.54, 1.807) is 19.1 Å². The van der Waals surface area contributed by atoms with Gasteiger partial charge in [-0.25, -0.2) is 0 Å². The predicted octanol–water partition coefficient (Wildman–Crippen LogP) is 4.57. The summed E-state index contributed by atoms with van der Waals surface area (Å²) in [5.41, 5.74) is 3.94. The zero-order valence-corrected chi connectivity index (χ0v) is 21.8. The summed E-state index contributed by atoms with van der Waals surface area (Å²) in [6.07, 6.45) is 0.510. The van der Waals surface area contributed by atoms with E-state index in [9.17, 15) is 34.5 Å². The first kappa shape index (κ1) is 27.9. The Morgan fingerprint density at radius 3 is 1.72 bits per heavy atom. The van der Waals surface area contributed by atoms with Gasteiger partial charge in [-0.3, -0.25) is 19.2 Å². The number of nitrogens with one attached hydrogen (secondary N) is 1. The lowest BCUT2D eigenvalue weighted by Gasteiger charge is -2.44. The van der Waals surface area contributed by atoms with Gasteiger partial charge in [0.05, 0.1) is 23.7 Å². The number of hydrogen-bond donors (Lipinski definition) is 4. The molecule has 9 heteroatoms. The van der Waals surface area contributed by atoms with Gasteiger partial charge in [0.25, 0.3) is 0 Å². The fourth-order valence-corrected chi connectivity index (χ4v) is 5.55. The van der Waals surface area contributed by atoms with E-state index < -0.39 is 53.5 Å². The Morgan fingerprint density at radius 1 is 0.718 bits per heavy atom. The van der Waals surface area contributed by atoms with Gasteiger partial charge in [-0.1, -0.05) is 78.3 Å². The molecule has 0 aliphatic heterocycles. The molecule has 3 aromatic carbocycles. The van der Waals surface area contributed by atoms with Crippen molar-refractivity contribution in [2.45, 2.75) is 25.3 Å². The van der Waals surface area contributed by atoms with Gasteiger partial charge in [0.15, 0.2) is 0 Å². The van der Waals surface area contributed by atoms with Gasteiger partial charge in [-0.15, -0.1) is 0 Å². The van der Waals surface area contributed by atoms with Crippen molar-refractivity contribution in [3.8, 4) is 11.1 Å². The lowest BCUT2D eigenvalue weighted by molar-refractivity contribution is -0.187. The molecule has 0 heterocycles. The third kappa shape index (κ3) is 5.96. The van der Waals surface area contributed by atoms with E-state index in [0.717, 1.165) is 22.3 Å². The Hall–Kier alpha value is -4.17. The number of carboxylic acids is 3. The summed E-state index contributed by atoms with van der Waals surface area (Å²) in [7, 11) is 0. The topological polar surface area (TPSA) is 141 Å². The number of amides is 1. The van der Waals surface area contributed by atoms with Crippen molar-refractivity contribution in [1.82, 2.24) is 5.32 Å². The smallest absolute Gasteiger partial charge is 0.308 e. The molecule has 1 aliphatic carbocycles. The fourth-order valence-electron chi connectivity index (χ4n) is 5.43. The van der Waals surface area contributed by atoms with Crippen LogP contribution in [0.3, 0.4) is 0 Å². The molecule has 1 amide bonds. The van der Waals surface area contributed by atoms with Crippen molar-refractivity contribution < 1.29 is 34.5 Å². The van der Waals surface area contributed by atoms with Crippen LogP contribution in [-0.2, 0) is 25.6 Å². The predicted molar refractivity (Wildman–Crippen MR) is 144 cm³/mol. The Kier molecular flexibility index (Phi) is 8.35. The highest BCUT2D eigenvalue weighted by atomic mass is 35.5. The van der Waals surface area contributed by atoms with Gasteiger partial charge in [-0.05, 0) is 47.7 Å². The molecular weight excluding hydrogens is 522 g/mol.